The van der Waals surface area contributed by atoms with Crippen molar-refractivity contribution in [1.82, 2.24) is 14.7 Å². The molecule has 1 N–H and O–H groups in total. The average Bonchev–Trinajstić information content (AvgIpc) is 3.49. The smallest absolute Gasteiger partial charge is 0.249 e. The summed E-state index contributed by atoms with van der Waals surface area (Å²) in [7, 11) is 0. The van der Waals surface area contributed by atoms with Crippen LogP contribution in [-0.2, 0) is 25.7 Å². The number of amides is 3. The Morgan fingerprint density at radius 2 is 1.72 bits per heavy atom. The summed E-state index contributed by atoms with van der Waals surface area (Å²) in [5.41, 5.74) is -1.59. The molecule has 3 fully saturated rings. The van der Waals surface area contributed by atoms with E-state index in [0.717, 1.165) is 12.0 Å². The number of nitrogens with zero attached hydrogens (tertiary/aromatic N) is 3. The number of carbonyl (C=O) groups excluding carboxylic acids is 3. The fraction of sp³-hybridized carbons (Fsp3) is 0.629. The first kappa shape index (κ1) is 32.9. The van der Waals surface area contributed by atoms with Gasteiger partial charge in [0.1, 0.15) is 11.6 Å². The van der Waals surface area contributed by atoms with E-state index >= 15 is 0 Å². The van der Waals surface area contributed by atoms with Crippen LogP contribution < -0.4 is 0 Å². The van der Waals surface area contributed by atoms with Crippen molar-refractivity contribution in [3.63, 3.8) is 0 Å². The van der Waals surface area contributed by atoms with Crippen LogP contribution in [0.4, 0.5) is 0 Å². The summed E-state index contributed by atoms with van der Waals surface area (Å²) in [5, 5.41) is 9.73. The Bertz CT molecular complexity index is 1220. The van der Waals surface area contributed by atoms with E-state index in [1.54, 1.807) is 22.0 Å². The molecule has 2 bridgehead atoms. The highest BCUT2D eigenvalue weighted by Gasteiger charge is 2.78. The molecule has 0 saturated carbocycles. The number of aliphatic hydroxyl groups excluding tert-OH is 1. The van der Waals surface area contributed by atoms with Gasteiger partial charge < -0.3 is 24.5 Å². The van der Waals surface area contributed by atoms with Gasteiger partial charge in [0, 0.05) is 38.3 Å². The molecule has 3 aliphatic rings. The number of hydrogen-bond donors (Lipinski definition) is 1. The van der Waals surface area contributed by atoms with Crippen molar-refractivity contribution >= 4 is 17.7 Å². The third-order valence-electron chi connectivity index (χ3n) is 9.48. The summed E-state index contributed by atoms with van der Waals surface area (Å²) in [4.78, 5) is 48.9. The van der Waals surface area contributed by atoms with Gasteiger partial charge in [0.25, 0.3) is 0 Å². The van der Waals surface area contributed by atoms with E-state index in [9.17, 15) is 19.5 Å². The second kappa shape index (κ2) is 12.2. The van der Waals surface area contributed by atoms with Crippen LogP contribution >= 0.6 is 0 Å². The van der Waals surface area contributed by atoms with Crippen molar-refractivity contribution in [2.24, 2.45) is 17.3 Å². The van der Waals surface area contributed by atoms with Crippen molar-refractivity contribution in [3.8, 4) is 0 Å². The molecule has 0 aromatic heterocycles. The van der Waals surface area contributed by atoms with Gasteiger partial charge in [0.2, 0.25) is 17.7 Å². The van der Waals surface area contributed by atoms with Gasteiger partial charge in [0.05, 0.1) is 17.4 Å². The molecule has 236 valence electrons. The molecule has 1 aromatic rings. The van der Waals surface area contributed by atoms with Crippen LogP contribution in [-0.4, -0.2) is 86.6 Å². The van der Waals surface area contributed by atoms with Gasteiger partial charge in [-0.25, -0.2) is 0 Å². The highest BCUT2D eigenvalue weighted by Crippen LogP contribution is 2.63. The monoisotopic (exact) mass is 593 g/mol. The van der Waals surface area contributed by atoms with E-state index in [2.05, 4.69) is 47.8 Å². The minimum atomic E-state index is -1.12. The second-order valence-electron chi connectivity index (χ2n) is 14.6. The molecule has 8 heteroatoms. The maximum Gasteiger partial charge on any atom is 0.249 e. The summed E-state index contributed by atoms with van der Waals surface area (Å²) >= 11 is 0. The normalized spacial score (nSPS) is 28.1. The Morgan fingerprint density at radius 3 is 2.30 bits per heavy atom. The summed E-state index contributed by atoms with van der Waals surface area (Å²) in [6, 6.07) is 8.87. The fourth-order valence-electron chi connectivity index (χ4n) is 8.26. The molecule has 8 nitrogen and oxygen atoms in total. The molecule has 0 aliphatic carbocycles. The van der Waals surface area contributed by atoms with Crippen LogP contribution in [0.3, 0.4) is 0 Å². The molecule has 4 rings (SSSR count). The Balaban J connectivity index is 1.77. The lowest BCUT2D eigenvalue weighted by Gasteiger charge is -2.45. The standard InChI is InChI=1S/C35H51N3O5/c1-9-19-36(23-25-15-12-11-13-16-25)29(40)26-27-30(41)37(21-14-22-39)28(35(27)18-17-34(26,8)43-35)31(42)38(20-10-2)33(6,7)24-32(3,4)5/h9-13,15-16,26-28,39H,1-2,14,17-24H2,3-8H3/t26-,27-,28?,34+,35?/m0/s1. The molecule has 5 atom stereocenters. The van der Waals surface area contributed by atoms with Gasteiger partial charge in [-0.2, -0.15) is 0 Å². The Kier molecular flexibility index (Phi) is 9.34. The van der Waals surface area contributed by atoms with E-state index in [1.807, 2.05) is 42.2 Å². The maximum atomic E-state index is 14.8. The van der Waals surface area contributed by atoms with Crippen LogP contribution in [0.1, 0.15) is 72.8 Å². The lowest BCUT2D eigenvalue weighted by atomic mass is 9.66. The zero-order valence-corrected chi connectivity index (χ0v) is 27.0. The predicted octanol–water partition coefficient (Wildman–Crippen LogP) is 4.58. The lowest BCUT2D eigenvalue weighted by Crippen LogP contribution is -2.61. The molecular weight excluding hydrogens is 542 g/mol. The molecular formula is C35H51N3O5. The third kappa shape index (κ3) is 6.05. The summed E-state index contributed by atoms with van der Waals surface area (Å²) in [6.07, 6.45) is 5.58. The van der Waals surface area contributed by atoms with Crippen molar-refractivity contribution in [2.45, 2.75) is 96.6 Å². The zero-order valence-electron chi connectivity index (χ0n) is 27.0. The number of fused-ring (bicyclic) bond motifs is 1. The van der Waals surface area contributed by atoms with E-state index < -0.39 is 34.6 Å². The number of rotatable bonds is 13. The molecule has 3 saturated heterocycles. The van der Waals surface area contributed by atoms with Crippen LogP contribution in [0, 0.1) is 17.3 Å². The summed E-state index contributed by atoms with van der Waals surface area (Å²) in [6.45, 7) is 21.4. The Hall–Kier alpha value is -2.97. The second-order valence-corrected chi connectivity index (χ2v) is 14.6. The van der Waals surface area contributed by atoms with Gasteiger partial charge in [0.15, 0.2) is 0 Å². The SMILES string of the molecule is C=CCN(Cc1ccccc1)C(=O)[C@@H]1[C@H]2C(=O)N(CCCO)C(C(=O)N(CC=C)C(C)(C)CC(C)(C)C)C23CC[C@@]1(C)O3. The van der Waals surface area contributed by atoms with Gasteiger partial charge in [-0.1, -0.05) is 63.3 Å². The number of aliphatic hydroxyl groups is 1. The molecule has 2 unspecified atom stereocenters. The quantitative estimate of drug-likeness (QED) is 0.338. The first-order valence-electron chi connectivity index (χ1n) is 15.6. The molecule has 3 aliphatic heterocycles. The van der Waals surface area contributed by atoms with Crippen molar-refractivity contribution in [3.05, 3.63) is 61.2 Å². The van der Waals surface area contributed by atoms with Crippen molar-refractivity contribution in [1.29, 1.82) is 0 Å². The molecule has 1 aromatic carbocycles. The molecule has 0 radical (unpaired) electrons. The van der Waals surface area contributed by atoms with Gasteiger partial charge >= 0.3 is 0 Å². The minimum absolute atomic E-state index is 0.0488. The largest absolute Gasteiger partial charge is 0.396 e. The number of carbonyl (C=O) groups is 3. The molecule has 3 heterocycles. The topological polar surface area (TPSA) is 90.4 Å². The zero-order chi connectivity index (χ0) is 31.8. The Morgan fingerprint density at radius 1 is 1.07 bits per heavy atom. The number of benzene rings is 1. The van der Waals surface area contributed by atoms with Crippen LogP contribution in [0.2, 0.25) is 0 Å². The molecule has 3 amide bonds. The van der Waals surface area contributed by atoms with E-state index in [0.29, 0.717) is 38.9 Å². The summed E-state index contributed by atoms with van der Waals surface area (Å²) < 4.78 is 6.87. The Labute approximate surface area is 257 Å². The average molecular weight is 594 g/mol. The third-order valence-corrected chi connectivity index (χ3v) is 9.48. The minimum Gasteiger partial charge on any atom is -0.396 e. The first-order valence-corrected chi connectivity index (χ1v) is 15.6. The summed E-state index contributed by atoms with van der Waals surface area (Å²) in [5.74, 6) is -2.10. The maximum absolute atomic E-state index is 14.8. The fourth-order valence-corrected chi connectivity index (χ4v) is 8.26. The van der Waals surface area contributed by atoms with Gasteiger partial charge in [-0.3, -0.25) is 14.4 Å². The van der Waals surface area contributed by atoms with Gasteiger partial charge in [-0.15, -0.1) is 13.2 Å². The van der Waals surface area contributed by atoms with Crippen LogP contribution in [0.15, 0.2) is 55.6 Å². The molecule has 43 heavy (non-hydrogen) atoms. The predicted molar refractivity (Wildman–Crippen MR) is 168 cm³/mol. The van der Waals surface area contributed by atoms with E-state index in [-0.39, 0.29) is 36.3 Å². The van der Waals surface area contributed by atoms with Crippen LogP contribution in [0.25, 0.3) is 0 Å². The highest BCUT2D eigenvalue weighted by molar-refractivity contribution is 5.99. The van der Waals surface area contributed by atoms with E-state index in [4.69, 9.17) is 4.74 Å². The number of likely N-dealkylation sites (tertiary alicyclic amines) is 1. The van der Waals surface area contributed by atoms with Crippen molar-refractivity contribution < 1.29 is 24.2 Å². The number of ether oxygens (including phenoxy) is 1. The van der Waals surface area contributed by atoms with Gasteiger partial charge in [-0.05, 0) is 57.4 Å². The molecule has 1 spiro atoms. The first-order chi connectivity index (χ1) is 20.2. The lowest BCUT2D eigenvalue weighted by molar-refractivity contribution is -0.157. The van der Waals surface area contributed by atoms with Crippen molar-refractivity contribution in [2.75, 3.05) is 26.2 Å². The number of hydrogen-bond acceptors (Lipinski definition) is 5. The van der Waals surface area contributed by atoms with Crippen LogP contribution in [0.5, 0.6) is 0 Å². The highest BCUT2D eigenvalue weighted by atomic mass is 16.5. The van der Waals surface area contributed by atoms with E-state index in [1.165, 1.54) is 0 Å².